The van der Waals surface area contributed by atoms with Gasteiger partial charge in [0.05, 0.1) is 6.42 Å². The van der Waals surface area contributed by atoms with Crippen molar-refractivity contribution in [3.05, 3.63) is 106 Å². The zero-order chi connectivity index (χ0) is 23.5. The first-order valence-electron chi connectivity index (χ1n) is 10.8. The average Bonchev–Trinajstić information content (AvgIpc) is 3.05. The monoisotopic (exact) mass is 446 g/mol. The summed E-state index contributed by atoms with van der Waals surface area (Å²) < 4.78 is 31.9. The highest BCUT2D eigenvalue weighted by molar-refractivity contribution is 6.07. The number of benzene rings is 3. The third-order valence-corrected chi connectivity index (χ3v) is 5.88. The molecule has 0 aliphatic heterocycles. The van der Waals surface area contributed by atoms with Crippen molar-refractivity contribution in [1.82, 2.24) is 0 Å². The van der Waals surface area contributed by atoms with Crippen LogP contribution in [0.4, 0.5) is 8.78 Å². The van der Waals surface area contributed by atoms with Crippen LogP contribution in [-0.2, 0) is 17.8 Å². The van der Waals surface area contributed by atoms with Crippen LogP contribution in [0.3, 0.4) is 0 Å². The molecule has 0 radical (unpaired) electrons. The van der Waals surface area contributed by atoms with Crippen LogP contribution in [0.25, 0.3) is 17.2 Å². The highest BCUT2D eigenvalue weighted by Crippen LogP contribution is 2.44. The Balaban J connectivity index is 1.57. The standard InChI is InChI=1S/C28H24F2O3/c1-3-18-8-10-22-23(17(2)24(15-28(31)32)25(22)12-18)13-19-4-6-20(7-5-19)16-33-21-9-11-26(29)27(30)14-21/h4-14H,3,15-16H2,1-2H3,(H,31,32)/b23-13-. The largest absolute Gasteiger partial charge is 0.489 e. The fourth-order valence-electron chi connectivity index (χ4n) is 4.04. The van der Waals surface area contributed by atoms with Crippen molar-refractivity contribution < 1.29 is 23.4 Å². The topological polar surface area (TPSA) is 46.5 Å². The van der Waals surface area contributed by atoms with E-state index in [0.717, 1.165) is 57.5 Å². The number of carboxylic acids is 1. The molecule has 0 saturated heterocycles. The Morgan fingerprint density at radius 3 is 2.33 bits per heavy atom. The maximum absolute atomic E-state index is 13.3. The lowest BCUT2D eigenvalue weighted by atomic mass is 9.97. The molecule has 3 aromatic rings. The molecule has 1 aliphatic carbocycles. The Morgan fingerprint density at radius 1 is 0.939 bits per heavy atom. The first-order valence-corrected chi connectivity index (χ1v) is 10.8. The molecule has 0 amide bonds. The van der Waals surface area contributed by atoms with Gasteiger partial charge in [-0.25, -0.2) is 8.78 Å². The van der Waals surface area contributed by atoms with Gasteiger partial charge in [-0.2, -0.15) is 0 Å². The summed E-state index contributed by atoms with van der Waals surface area (Å²) >= 11 is 0. The number of aliphatic carboxylic acids is 1. The number of hydrogen-bond acceptors (Lipinski definition) is 2. The molecule has 0 atom stereocenters. The van der Waals surface area contributed by atoms with Crippen LogP contribution in [0.15, 0.2) is 66.2 Å². The molecular formula is C28H24F2O3. The lowest BCUT2D eigenvalue weighted by molar-refractivity contribution is -0.135. The van der Waals surface area contributed by atoms with Crippen molar-refractivity contribution in [2.75, 3.05) is 0 Å². The Kier molecular flexibility index (Phi) is 6.40. The molecule has 0 heterocycles. The molecule has 4 rings (SSSR count). The molecule has 3 aromatic carbocycles. The molecule has 0 spiro atoms. The molecule has 0 saturated carbocycles. The molecule has 0 unspecified atom stereocenters. The normalized spacial score (nSPS) is 14.0. The van der Waals surface area contributed by atoms with E-state index < -0.39 is 17.6 Å². The lowest BCUT2D eigenvalue weighted by Gasteiger charge is -2.08. The molecular weight excluding hydrogens is 422 g/mol. The van der Waals surface area contributed by atoms with Crippen molar-refractivity contribution in [2.24, 2.45) is 0 Å². The number of rotatable bonds is 7. The SMILES string of the molecule is CCc1ccc2c(c1)C(CC(=O)O)=C(C)/C2=C/c1ccc(COc2ccc(F)c(F)c2)cc1. The number of allylic oxidation sites excluding steroid dienone is 2. The van der Waals surface area contributed by atoms with Gasteiger partial charge in [-0.1, -0.05) is 49.4 Å². The van der Waals surface area contributed by atoms with Gasteiger partial charge in [-0.3, -0.25) is 4.79 Å². The van der Waals surface area contributed by atoms with E-state index in [1.807, 2.05) is 31.2 Å². The van der Waals surface area contributed by atoms with Crippen LogP contribution in [0.5, 0.6) is 5.75 Å². The Bertz CT molecular complexity index is 1270. The number of hydrogen-bond donors (Lipinski definition) is 1. The fraction of sp³-hybridized carbons (Fsp3) is 0.179. The smallest absolute Gasteiger partial charge is 0.307 e. The zero-order valence-corrected chi connectivity index (χ0v) is 18.5. The number of carbonyl (C=O) groups is 1. The molecule has 0 bridgehead atoms. The molecule has 1 aliphatic rings. The first kappa shape index (κ1) is 22.5. The van der Waals surface area contributed by atoms with E-state index in [4.69, 9.17) is 4.74 Å². The molecule has 1 N–H and O–H groups in total. The van der Waals surface area contributed by atoms with Crippen LogP contribution >= 0.6 is 0 Å². The number of aryl methyl sites for hydroxylation is 1. The summed E-state index contributed by atoms with van der Waals surface area (Å²) in [4.78, 5) is 11.5. The zero-order valence-electron chi connectivity index (χ0n) is 18.5. The van der Waals surface area contributed by atoms with Gasteiger partial charge in [-0.15, -0.1) is 0 Å². The maximum atomic E-state index is 13.3. The van der Waals surface area contributed by atoms with Crippen molar-refractivity contribution in [3.63, 3.8) is 0 Å². The number of ether oxygens (including phenoxy) is 1. The summed E-state index contributed by atoms with van der Waals surface area (Å²) in [5, 5.41) is 9.41. The van der Waals surface area contributed by atoms with Gasteiger partial charge in [0.1, 0.15) is 12.4 Å². The van der Waals surface area contributed by atoms with Gasteiger partial charge >= 0.3 is 5.97 Å². The van der Waals surface area contributed by atoms with Crippen LogP contribution in [0, 0.1) is 11.6 Å². The highest BCUT2D eigenvalue weighted by atomic mass is 19.2. The Labute approximate surface area is 191 Å². The van der Waals surface area contributed by atoms with Crippen LogP contribution in [-0.4, -0.2) is 11.1 Å². The van der Waals surface area contributed by atoms with E-state index in [1.54, 1.807) is 0 Å². The van der Waals surface area contributed by atoms with Gasteiger partial charge in [0, 0.05) is 6.07 Å². The van der Waals surface area contributed by atoms with Crippen molar-refractivity contribution in [3.8, 4) is 5.75 Å². The second kappa shape index (κ2) is 9.41. The lowest BCUT2D eigenvalue weighted by Crippen LogP contribution is -1.97. The summed E-state index contributed by atoms with van der Waals surface area (Å²) in [6.45, 7) is 4.28. The minimum Gasteiger partial charge on any atom is -0.489 e. The quantitative estimate of drug-likeness (QED) is 0.429. The molecule has 33 heavy (non-hydrogen) atoms. The second-order valence-electron chi connectivity index (χ2n) is 8.07. The van der Waals surface area contributed by atoms with Gasteiger partial charge in [0.2, 0.25) is 0 Å². The number of halogens is 2. The summed E-state index contributed by atoms with van der Waals surface area (Å²) in [6.07, 6.45) is 2.94. The Morgan fingerprint density at radius 2 is 1.67 bits per heavy atom. The predicted octanol–water partition coefficient (Wildman–Crippen LogP) is 6.91. The fourth-order valence-corrected chi connectivity index (χ4v) is 4.04. The van der Waals surface area contributed by atoms with Gasteiger partial charge in [0.25, 0.3) is 0 Å². The van der Waals surface area contributed by atoms with Crippen molar-refractivity contribution in [2.45, 2.75) is 33.3 Å². The van der Waals surface area contributed by atoms with Crippen LogP contribution in [0.1, 0.15) is 48.1 Å². The van der Waals surface area contributed by atoms with Crippen LogP contribution in [0.2, 0.25) is 0 Å². The van der Waals surface area contributed by atoms with Gasteiger partial charge in [0.15, 0.2) is 11.6 Å². The summed E-state index contributed by atoms with van der Waals surface area (Å²) in [7, 11) is 0. The van der Waals surface area contributed by atoms with E-state index in [-0.39, 0.29) is 18.8 Å². The highest BCUT2D eigenvalue weighted by Gasteiger charge is 2.25. The Hall–Kier alpha value is -3.73. The predicted molar refractivity (Wildman–Crippen MR) is 126 cm³/mol. The molecule has 0 aromatic heterocycles. The molecule has 5 heteroatoms. The van der Waals surface area contributed by atoms with Gasteiger partial charge in [-0.05, 0) is 76.1 Å². The van der Waals surface area contributed by atoms with Crippen molar-refractivity contribution in [1.29, 1.82) is 0 Å². The molecule has 0 fully saturated rings. The summed E-state index contributed by atoms with van der Waals surface area (Å²) in [5.74, 6) is -2.43. The number of fused-ring (bicyclic) bond motifs is 1. The minimum absolute atomic E-state index is 0.0103. The van der Waals surface area contributed by atoms with E-state index in [9.17, 15) is 18.7 Å². The van der Waals surface area contributed by atoms with E-state index in [2.05, 4.69) is 31.2 Å². The minimum atomic E-state index is -0.942. The number of carboxylic acid groups (broad SMARTS) is 1. The summed E-state index contributed by atoms with van der Waals surface area (Å²) in [6, 6.07) is 17.5. The van der Waals surface area contributed by atoms with Gasteiger partial charge < -0.3 is 9.84 Å². The third-order valence-electron chi connectivity index (χ3n) is 5.88. The maximum Gasteiger partial charge on any atom is 0.307 e. The van der Waals surface area contributed by atoms with Crippen LogP contribution < -0.4 is 4.74 Å². The van der Waals surface area contributed by atoms with Crippen molar-refractivity contribution >= 4 is 23.2 Å². The van der Waals surface area contributed by atoms with E-state index in [0.29, 0.717) is 0 Å². The third kappa shape index (κ3) is 4.87. The van der Waals surface area contributed by atoms with E-state index in [1.165, 1.54) is 11.6 Å². The second-order valence-corrected chi connectivity index (χ2v) is 8.07. The molecule has 168 valence electrons. The summed E-state index contributed by atoms with van der Waals surface area (Å²) in [5.41, 5.74) is 7.94. The molecule has 3 nitrogen and oxygen atoms in total. The first-order chi connectivity index (χ1) is 15.9. The van der Waals surface area contributed by atoms with E-state index >= 15 is 0 Å². The average molecular weight is 446 g/mol.